The van der Waals surface area contributed by atoms with Crippen LogP contribution in [0.4, 0.5) is 0 Å². The van der Waals surface area contributed by atoms with Crippen molar-refractivity contribution in [1.82, 2.24) is 5.06 Å². The zero-order valence-corrected chi connectivity index (χ0v) is 33.5. The van der Waals surface area contributed by atoms with Crippen molar-refractivity contribution < 1.29 is 9.58 Å². The van der Waals surface area contributed by atoms with E-state index in [1.165, 1.54) is 10.8 Å². The molecule has 1 unspecified atom stereocenters. The normalized spacial score (nSPS) is 16.1. The minimum atomic E-state index is -2.39. The average Bonchev–Trinajstić information content (AvgIpc) is 3.48. The molecule has 1 atom stereocenters. The molecule has 0 saturated carbocycles. The van der Waals surface area contributed by atoms with Gasteiger partial charge in [0.25, 0.3) is 0 Å². The lowest BCUT2D eigenvalue weighted by molar-refractivity contribution is -0.530. The molecule has 0 fully saturated rings. The van der Waals surface area contributed by atoms with Gasteiger partial charge in [0, 0.05) is 48.6 Å². The van der Waals surface area contributed by atoms with Gasteiger partial charge in [-0.3, -0.25) is 0 Å². The van der Waals surface area contributed by atoms with E-state index in [2.05, 4.69) is 109 Å². The molecular formula is C45H53N3O2Si. The van der Waals surface area contributed by atoms with E-state index in [0.717, 1.165) is 50.1 Å². The molecule has 0 N–H and O–H groups in total. The molecule has 0 radical (unpaired) electrons. The second-order valence-electron chi connectivity index (χ2n) is 17.1. The summed E-state index contributed by atoms with van der Waals surface area (Å²) in [7, 11) is -2.39. The number of benzene rings is 2. The van der Waals surface area contributed by atoms with E-state index in [4.69, 9.17) is 11.4 Å². The molecule has 0 saturated heterocycles. The third-order valence-corrected chi connectivity index (χ3v) is 15.9. The van der Waals surface area contributed by atoms with E-state index in [1.807, 2.05) is 74.4 Å². The van der Waals surface area contributed by atoms with Crippen LogP contribution in [0, 0.1) is 23.6 Å². The Bertz CT molecular complexity index is 2080. The molecule has 2 aliphatic carbocycles. The maximum absolute atomic E-state index is 13.8. The molecular weight excluding hydrogens is 643 g/mol. The summed E-state index contributed by atoms with van der Waals surface area (Å²) >= 11 is 0. The number of hydroxylamine groups is 3. The smallest absolute Gasteiger partial charge is 0.234 e. The minimum Gasteiger partial charge on any atom is -0.623 e. The summed E-state index contributed by atoms with van der Waals surface area (Å²) in [6, 6.07) is 26.2. The molecule has 3 aliphatic rings. The van der Waals surface area contributed by atoms with E-state index in [-0.39, 0.29) is 5.04 Å². The molecule has 0 amide bonds. The van der Waals surface area contributed by atoms with E-state index in [1.54, 1.807) is 6.21 Å². The van der Waals surface area contributed by atoms with Crippen LogP contribution in [-0.4, -0.2) is 35.2 Å². The second kappa shape index (κ2) is 13.8. The van der Waals surface area contributed by atoms with Gasteiger partial charge in [-0.25, -0.2) is 9.58 Å². The van der Waals surface area contributed by atoms with Crippen LogP contribution >= 0.6 is 0 Å². The number of hydrogen-bond donors (Lipinski definition) is 0. The van der Waals surface area contributed by atoms with Crippen molar-refractivity contribution in [1.29, 1.82) is 0 Å². The van der Waals surface area contributed by atoms with Crippen LogP contribution in [0.15, 0.2) is 84.6 Å². The Hall–Kier alpha value is -4.62. The van der Waals surface area contributed by atoms with Crippen LogP contribution in [0.5, 0.6) is 0 Å². The molecule has 2 aromatic carbocycles. The van der Waals surface area contributed by atoms with Crippen LogP contribution in [0.2, 0.25) is 18.1 Å². The molecule has 0 spiro atoms. The SMILES string of the molecule is [C-]#[N+]C1=C(c2cccc(C#Cc3cccc(CC)c3)c2)ON(C(C)(C)C)C1c1c2cccccc-2c(/C=[N+](\[O-])C(C)(C)C)c1[Si](C)(C)C(C)(C)C. The fourth-order valence-corrected chi connectivity index (χ4v) is 9.05. The van der Waals surface area contributed by atoms with Gasteiger partial charge >= 0.3 is 0 Å². The Balaban J connectivity index is 1.82. The van der Waals surface area contributed by atoms with Gasteiger partial charge in [0.05, 0.1) is 14.6 Å². The van der Waals surface area contributed by atoms with E-state index >= 15 is 0 Å². The number of nitrogens with zero attached hydrogens (tertiary/aromatic N) is 3. The van der Waals surface area contributed by atoms with E-state index in [0.29, 0.717) is 11.5 Å². The third kappa shape index (κ3) is 7.41. The highest BCUT2D eigenvalue weighted by atomic mass is 28.3. The molecule has 0 aromatic heterocycles. The lowest BCUT2D eigenvalue weighted by Crippen LogP contribution is -2.53. The Morgan fingerprint density at radius 1 is 0.863 bits per heavy atom. The number of fused-ring (bicyclic) bond motifs is 1. The molecule has 0 bridgehead atoms. The summed E-state index contributed by atoms with van der Waals surface area (Å²) in [5, 5.41) is 16.9. The first kappa shape index (κ1) is 37.6. The van der Waals surface area contributed by atoms with Crippen molar-refractivity contribution in [2.24, 2.45) is 0 Å². The van der Waals surface area contributed by atoms with Crippen molar-refractivity contribution in [3.63, 3.8) is 0 Å². The van der Waals surface area contributed by atoms with Crippen molar-refractivity contribution in [2.75, 3.05) is 0 Å². The standard InChI is InChI=1S/C45H53N3O2Si/c1-14-31-20-18-21-32(28-31)26-27-33-22-19-23-34(29-33)41-39(46-11)40(48(50-41)44(5,6)7)38-36-25-17-15-16-24-35(36)37(30-47(49)43(2,3)4)42(38)51(12,13)45(8,9)10/h15-25,28-30,40H,14H2,1-10,12-13H3/b47-30-. The minimum absolute atomic E-state index is 0.0627. The van der Waals surface area contributed by atoms with E-state index in [9.17, 15) is 5.21 Å². The average molecular weight is 696 g/mol. The summed E-state index contributed by atoms with van der Waals surface area (Å²) < 4.78 is 1.09. The summed E-state index contributed by atoms with van der Waals surface area (Å²) in [5.74, 6) is 7.22. The second-order valence-corrected chi connectivity index (χ2v) is 22.4. The van der Waals surface area contributed by atoms with Crippen LogP contribution in [0.3, 0.4) is 0 Å². The Morgan fingerprint density at radius 3 is 2.04 bits per heavy atom. The van der Waals surface area contributed by atoms with Crippen molar-refractivity contribution in [3.8, 4) is 23.0 Å². The van der Waals surface area contributed by atoms with Crippen LogP contribution in [0.1, 0.15) is 109 Å². The molecule has 5 nitrogen and oxygen atoms in total. The number of aryl methyl sites for hydroxylation is 1. The lowest BCUT2D eigenvalue weighted by Gasteiger charge is -2.41. The van der Waals surface area contributed by atoms with E-state index < -0.39 is 25.2 Å². The molecule has 264 valence electrons. The summed E-state index contributed by atoms with van der Waals surface area (Å²) in [6.07, 6.45) is 2.76. The van der Waals surface area contributed by atoms with Crippen molar-refractivity contribution in [3.05, 3.63) is 135 Å². The molecule has 1 heterocycles. The zero-order chi connectivity index (χ0) is 37.5. The van der Waals surface area contributed by atoms with Gasteiger partial charge in [0.2, 0.25) is 5.70 Å². The first-order valence-electron chi connectivity index (χ1n) is 18.0. The molecule has 5 rings (SSSR count). The van der Waals surface area contributed by atoms with Gasteiger partial charge in [0.15, 0.2) is 17.5 Å². The molecule has 1 aliphatic heterocycles. The maximum Gasteiger partial charge on any atom is 0.234 e. The summed E-state index contributed by atoms with van der Waals surface area (Å²) in [4.78, 5) is 11.2. The highest BCUT2D eigenvalue weighted by Crippen LogP contribution is 2.51. The van der Waals surface area contributed by atoms with Gasteiger partial charge in [-0.15, -0.1) is 5.06 Å². The van der Waals surface area contributed by atoms with Crippen LogP contribution < -0.4 is 5.19 Å². The van der Waals surface area contributed by atoms with Gasteiger partial charge in [-0.2, -0.15) is 0 Å². The Kier molecular flexibility index (Phi) is 10.2. The van der Waals surface area contributed by atoms with Crippen molar-refractivity contribution in [2.45, 2.75) is 111 Å². The predicted molar refractivity (Wildman–Crippen MR) is 216 cm³/mol. The maximum atomic E-state index is 13.8. The highest BCUT2D eigenvalue weighted by Gasteiger charge is 2.51. The van der Waals surface area contributed by atoms with Gasteiger partial charge < -0.3 is 10.0 Å². The third-order valence-electron chi connectivity index (χ3n) is 10.3. The monoisotopic (exact) mass is 695 g/mol. The highest BCUT2D eigenvalue weighted by molar-refractivity contribution is 6.93. The molecule has 6 heteroatoms. The number of hydrogen-bond acceptors (Lipinski definition) is 3. The fraction of sp³-hybridized carbons (Fsp3) is 0.378. The van der Waals surface area contributed by atoms with Gasteiger partial charge in [-0.05, 0) is 83.9 Å². The topological polar surface area (TPSA) is 42.9 Å². The first-order valence-corrected chi connectivity index (χ1v) is 21.0. The molecule has 2 aromatic rings. The first-order chi connectivity index (χ1) is 23.8. The Labute approximate surface area is 307 Å². The van der Waals surface area contributed by atoms with Gasteiger partial charge in [-0.1, -0.05) is 107 Å². The zero-order valence-electron chi connectivity index (χ0n) is 32.5. The lowest BCUT2D eigenvalue weighted by atomic mass is 9.95. The fourth-order valence-electron chi connectivity index (χ4n) is 6.48. The summed E-state index contributed by atoms with van der Waals surface area (Å²) in [6.45, 7) is 34.7. The van der Waals surface area contributed by atoms with Crippen LogP contribution in [0.25, 0.3) is 21.7 Å². The van der Waals surface area contributed by atoms with Gasteiger partial charge in [0.1, 0.15) is 6.04 Å². The summed E-state index contributed by atoms with van der Waals surface area (Å²) in [5.41, 5.74) is 7.37. The largest absolute Gasteiger partial charge is 0.623 e. The quantitative estimate of drug-likeness (QED) is 0.0397. The van der Waals surface area contributed by atoms with Crippen molar-refractivity contribution >= 4 is 25.2 Å². The molecule has 51 heavy (non-hydrogen) atoms. The van der Waals surface area contributed by atoms with Crippen LogP contribution in [-0.2, 0) is 11.3 Å². The Morgan fingerprint density at radius 2 is 1.47 bits per heavy atom. The number of rotatable bonds is 5. The predicted octanol–water partition coefficient (Wildman–Crippen LogP) is 10.6.